The highest BCUT2D eigenvalue weighted by atomic mass is 16.3. The summed E-state index contributed by atoms with van der Waals surface area (Å²) in [6, 6.07) is 14.4. The highest BCUT2D eigenvalue weighted by Crippen LogP contribution is 2.39. The maximum absolute atomic E-state index is 14.3. The molecule has 0 saturated carbocycles. The fourth-order valence-electron chi connectivity index (χ4n) is 6.19. The number of benzene rings is 2. The number of nitrogens with zero attached hydrogens (tertiary/aromatic N) is 3. The SMILES string of the molecule is CC(C)CC(=O)N1CC[C@H]2CC[C@@H](c3nc4c(-c5ccccc5)cccc4[nH]3)N2C(=O)[C@@H](NC(=O)[C@H](C)NCCO)C1. The fourth-order valence-corrected chi connectivity index (χ4v) is 6.19. The first-order chi connectivity index (χ1) is 20.3. The first kappa shape index (κ1) is 29.7. The van der Waals surface area contributed by atoms with Gasteiger partial charge in [0.25, 0.3) is 0 Å². The number of aliphatic hydroxyl groups excluding tert-OH is 1. The molecule has 3 heterocycles. The summed E-state index contributed by atoms with van der Waals surface area (Å²) in [6.45, 7) is 6.51. The predicted octanol–water partition coefficient (Wildman–Crippen LogP) is 3.00. The second kappa shape index (κ2) is 13.0. The Bertz CT molecular complexity index is 1410. The van der Waals surface area contributed by atoms with Crippen molar-refractivity contribution < 1.29 is 19.5 Å². The zero-order valence-electron chi connectivity index (χ0n) is 24.7. The third-order valence-corrected chi connectivity index (χ3v) is 8.33. The number of carbonyl (C=O) groups excluding carboxylic acids is 3. The van der Waals surface area contributed by atoms with Crippen molar-refractivity contribution in [2.24, 2.45) is 5.92 Å². The Morgan fingerprint density at radius 1 is 1.07 bits per heavy atom. The molecule has 2 aliphatic heterocycles. The van der Waals surface area contributed by atoms with E-state index in [0.717, 1.165) is 40.8 Å². The van der Waals surface area contributed by atoms with Crippen molar-refractivity contribution >= 4 is 28.8 Å². The molecule has 3 aromatic rings. The number of hydrogen-bond donors (Lipinski definition) is 4. The Morgan fingerprint density at radius 2 is 1.86 bits per heavy atom. The number of para-hydroxylation sites is 1. The van der Waals surface area contributed by atoms with E-state index in [1.807, 2.05) is 49.1 Å². The van der Waals surface area contributed by atoms with Gasteiger partial charge in [0.2, 0.25) is 17.7 Å². The molecule has 0 spiro atoms. The van der Waals surface area contributed by atoms with Gasteiger partial charge in [0, 0.05) is 37.7 Å². The Hall–Kier alpha value is -3.76. The maximum atomic E-state index is 14.3. The molecule has 2 aromatic carbocycles. The second-order valence-electron chi connectivity index (χ2n) is 11.9. The van der Waals surface area contributed by atoms with Crippen LogP contribution in [0.2, 0.25) is 0 Å². The molecule has 1 aromatic heterocycles. The van der Waals surface area contributed by atoms with E-state index in [1.54, 1.807) is 11.8 Å². The van der Waals surface area contributed by atoms with Gasteiger partial charge in [-0.1, -0.05) is 56.3 Å². The van der Waals surface area contributed by atoms with E-state index in [2.05, 4.69) is 33.8 Å². The lowest BCUT2D eigenvalue weighted by molar-refractivity contribution is -0.144. The number of fused-ring (bicyclic) bond motifs is 2. The lowest BCUT2D eigenvalue weighted by Gasteiger charge is -2.39. The molecule has 10 heteroatoms. The standard InChI is InChI=1S/C32H42N6O4/c1-20(2)18-28(40)37-16-14-23-12-13-27(38(23)32(42)26(19-37)35-31(41)21(3)33-15-17-39)30-34-25-11-7-10-24(29(25)36-30)22-8-5-4-6-9-22/h4-11,20-21,23,26-27,33,39H,12-19H2,1-3H3,(H,34,36)(H,35,41)/t21-,23+,26-,27-/m0/s1. The van der Waals surface area contributed by atoms with Gasteiger partial charge in [-0.05, 0) is 43.7 Å². The van der Waals surface area contributed by atoms with Crippen LogP contribution in [0, 0.1) is 5.92 Å². The van der Waals surface area contributed by atoms with Crippen LogP contribution in [0.1, 0.15) is 58.3 Å². The zero-order chi connectivity index (χ0) is 29.8. The molecule has 42 heavy (non-hydrogen) atoms. The molecule has 2 fully saturated rings. The van der Waals surface area contributed by atoms with E-state index in [9.17, 15) is 14.4 Å². The summed E-state index contributed by atoms with van der Waals surface area (Å²) >= 11 is 0. The Labute approximate surface area is 246 Å². The number of aromatic nitrogens is 2. The van der Waals surface area contributed by atoms with Crippen molar-refractivity contribution in [1.82, 2.24) is 30.4 Å². The van der Waals surface area contributed by atoms with Crippen LogP contribution in [0.15, 0.2) is 48.5 Å². The van der Waals surface area contributed by atoms with Gasteiger partial charge in [0.1, 0.15) is 11.9 Å². The summed E-state index contributed by atoms with van der Waals surface area (Å²) in [5.74, 6) is 0.381. The summed E-state index contributed by atoms with van der Waals surface area (Å²) < 4.78 is 0. The zero-order valence-corrected chi connectivity index (χ0v) is 24.7. The van der Waals surface area contributed by atoms with E-state index in [4.69, 9.17) is 10.1 Å². The number of H-pyrrole nitrogens is 1. The smallest absolute Gasteiger partial charge is 0.247 e. The van der Waals surface area contributed by atoms with E-state index >= 15 is 0 Å². The first-order valence-electron chi connectivity index (χ1n) is 15.1. The number of aromatic amines is 1. The number of rotatable bonds is 9. The minimum Gasteiger partial charge on any atom is -0.395 e. The van der Waals surface area contributed by atoms with Gasteiger partial charge in [-0.25, -0.2) is 4.98 Å². The van der Waals surface area contributed by atoms with Crippen LogP contribution in [0.3, 0.4) is 0 Å². The van der Waals surface area contributed by atoms with Crippen molar-refractivity contribution in [2.45, 2.75) is 70.6 Å². The van der Waals surface area contributed by atoms with Crippen LogP contribution < -0.4 is 10.6 Å². The maximum Gasteiger partial charge on any atom is 0.247 e. The molecule has 0 unspecified atom stereocenters. The van der Waals surface area contributed by atoms with Crippen LogP contribution >= 0.6 is 0 Å². The topological polar surface area (TPSA) is 131 Å². The number of imidazole rings is 1. The number of hydrogen-bond acceptors (Lipinski definition) is 6. The average molecular weight is 575 g/mol. The molecule has 0 radical (unpaired) electrons. The van der Waals surface area contributed by atoms with Crippen LogP contribution in [-0.4, -0.2) is 87.0 Å². The molecule has 0 bridgehead atoms. The molecule has 224 valence electrons. The minimum atomic E-state index is -0.889. The molecule has 3 amide bonds. The molecular formula is C32H42N6O4. The van der Waals surface area contributed by atoms with E-state index in [-0.39, 0.29) is 55.4 Å². The number of nitrogens with one attached hydrogen (secondary N) is 3. The molecule has 0 aliphatic carbocycles. The monoisotopic (exact) mass is 574 g/mol. The van der Waals surface area contributed by atoms with Crippen molar-refractivity contribution in [3.63, 3.8) is 0 Å². The number of carbonyl (C=O) groups is 3. The van der Waals surface area contributed by atoms with Crippen LogP contribution in [-0.2, 0) is 14.4 Å². The quantitative estimate of drug-likeness (QED) is 0.311. The van der Waals surface area contributed by atoms with Gasteiger partial charge in [0.05, 0.1) is 29.7 Å². The largest absolute Gasteiger partial charge is 0.395 e. The van der Waals surface area contributed by atoms with Gasteiger partial charge < -0.3 is 30.5 Å². The van der Waals surface area contributed by atoms with Crippen LogP contribution in [0.25, 0.3) is 22.2 Å². The normalized spacial score (nSPS) is 21.7. The lowest BCUT2D eigenvalue weighted by atomic mass is 10.0. The number of amides is 3. The summed E-state index contributed by atoms with van der Waals surface area (Å²) in [4.78, 5) is 52.7. The van der Waals surface area contributed by atoms with Crippen molar-refractivity contribution in [3.8, 4) is 11.1 Å². The third kappa shape index (κ3) is 6.34. The van der Waals surface area contributed by atoms with E-state index in [0.29, 0.717) is 19.4 Å². The number of aliphatic hydroxyl groups is 1. The van der Waals surface area contributed by atoms with Crippen molar-refractivity contribution in [2.75, 3.05) is 26.2 Å². The van der Waals surface area contributed by atoms with Gasteiger partial charge in [-0.3, -0.25) is 14.4 Å². The lowest BCUT2D eigenvalue weighted by Crippen LogP contribution is -2.60. The third-order valence-electron chi connectivity index (χ3n) is 8.33. The predicted molar refractivity (Wildman–Crippen MR) is 161 cm³/mol. The molecule has 2 aliphatic rings. The van der Waals surface area contributed by atoms with Gasteiger partial charge in [0.15, 0.2) is 0 Å². The van der Waals surface area contributed by atoms with E-state index < -0.39 is 12.1 Å². The second-order valence-corrected chi connectivity index (χ2v) is 11.9. The fraction of sp³-hybridized carbons (Fsp3) is 0.500. The molecule has 2 saturated heterocycles. The average Bonchev–Trinajstić information content (AvgIpc) is 3.60. The minimum absolute atomic E-state index is 0.00257. The van der Waals surface area contributed by atoms with Crippen LogP contribution in [0.5, 0.6) is 0 Å². The van der Waals surface area contributed by atoms with Gasteiger partial charge in [-0.15, -0.1) is 0 Å². The molecule has 5 rings (SSSR count). The van der Waals surface area contributed by atoms with Crippen molar-refractivity contribution in [1.29, 1.82) is 0 Å². The van der Waals surface area contributed by atoms with Crippen molar-refractivity contribution in [3.05, 3.63) is 54.4 Å². The van der Waals surface area contributed by atoms with Crippen LogP contribution in [0.4, 0.5) is 0 Å². The molecule has 4 atom stereocenters. The Balaban J connectivity index is 1.45. The van der Waals surface area contributed by atoms with Gasteiger partial charge in [-0.2, -0.15) is 0 Å². The molecule has 4 N–H and O–H groups in total. The highest BCUT2D eigenvalue weighted by Gasteiger charge is 2.44. The first-order valence-corrected chi connectivity index (χ1v) is 15.1. The van der Waals surface area contributed by atoms with Gasteiger partial charge >= 0.3 is 0 Å². The summed E-state index contributed by atoms with van der Waals surface area (Å²) in [5, 5.41) is 15.0. The summed E-state index contributed by atoms with van der Waals surface area (Å²) in [7, 11) is 0. The molecule has 10 nitrogen and oxygen atoms in total. The highest BCUT2D eigenvalue weighted by molar-refractivity contribution is 5.93. The summed E-state index contributed by atoms with van der Waals surface area (Å²) in [6.07, 6.45) is 2.60. The molecular weight excluding hydrogens is 532 g/mol. The Morgan fingerprint density at radius 3 is 2.60 bits per heavy atom. The Kier molecular flexibility index (Phi) is 9.23. The summed E-state index contributed by atoms with van der Waals surface area (Å²) in [5.41, 5.74) is 3.87. The van der Waals surface area contributed by atoms with E-state index in [1.165, 1.54) is 0 Å².